The summed E-state index contributed by atoms with van der Waals surface area (Å²) in [4.78, 5) is 11.2. The molecule has 0 aromatic heterocycles. The summed E-state index contributed by atoms with van der Waals surface area (Å²) in [5.74, 6) is -0.862. The number of ether oxygens (including phenoxy) is 1. The van der Waals surface area contributed by atoms with Crippen LogP contribution in [0.3, 0.4) is 0 Å². The summed E-state index contributed by atoms with van der Waals surface area (Å²) in [7, 11) is 0. The topological polar surface area (TPSA) is 50.1 Å². The van der Waals surface area contributed by atoms with Crippen molar-refractivity contribution in [2.45, 2.75) is 17.3 Å². The van der Waals surface area contributed by atoms with Crippen LogP contribution < -0.4 is 0 Å². The van der Waals surface area contributed by atoms with Crippen molar-refractivity contribution in [3.63, 3.8) is 0 Å². The third kappa shape index (κ3) is 4.14. The van der Waals surface area contributed by atoms with Crippen LogP contribution in [0.5, 0.6) is 0 Å². The number of benzene rings is 1. The molecule has 0 saturated heterocycles. The summed E-state index contributed by atoms with van der Waals surface area (Å²) in [6.45, 7) is 1.60. The summed E-state index contributed by atoms with van der Waals surface area (Å²) in [5.41, 5.74) is -4.78. The average molecular weight is 354 g/mol. The lowest BCUT2D eigenvalue weighted by atomic mass is 10.1. The van der Waals surface area contributed by atoms with Crippen molar-refractivity contribution in [2.75, 3.05) is 6.61 Å². The highest BCUT2D eigenvalue weighted by atomic mass is 79.9. The third-order valence-electron chi connectivity index (χ3n) is 1.93. The lowest BCUT2D eigenvalue weighted by Gasteiger charge is -2.13. The molecule has 1 aromatic carbocycles. The molecule has 0 aliphatic heterocycles. The van der Waals surface area contributed by atoms with Gasteiger partial charge in [-0.15, -0.1) is 0 Å². The van der Waals surface area contributed by atoms with Gasteiger partial charge in [0.15, 0.2) is 0 Å². The van der Waals surface area contributed by atoms with Gasteiger partial charge in [-0.3, -0.25) is 0 Å². The predicted octanol–water partition coefficient (Wildman–Crippen LogP) is 4.11. The molecule has 8 heteroatoms. The van der Waals surface area contributed by atoms with Crippen LogP contribution in [0.4, 0.5) is 13.2 Å². The Labute approximate surface area is 119 Å². The Morgan fingerprint density at radius 2 is 2.16 bits per heavy atom. The summed E-state index contributed by atoms with van der Waals surface area (Å²) < 4.78 is 42.1. The van der Waals surface area contributed by atoms with Gasteiger partial charge in [0.1, 0.15) is 6.07 Å². The zero-order valence-corrected chi connectivity index (χ0v) is 11.9. The van der Waals surface area contributed by atoms with Crippen molar-refractivity contribution in [3.8, 4) is 6.07 Å². The van der Waals surface area contributed by atoms with Crippen LogP contribution in [0.25, 0.3) is 0 Å². The molecular weight excluding hydrogens is 347 g/mol. The van der Waals surface area contributed by atoms with Gasteiger partial charge in [0, 0.05) is 4.90 Å². The number of hydrogen-bond donors (Lipinski definition) is 0. The van der Waals surface area contributed by atoms with Crippen LogP contribution >= 0.6 is 27.7 Å². The number of thioether (sulfide) groups is 1. The maximum absolute atomic E-state index is 12.5. The van der Waals surface area contributed by atoms with E-state index in [0.717, 1.165) is 6.07 Å². The molecule has 0 unspecified atom stereocenters. The summed E-state index contributed by atoms with van der Waals surface area (Å²) in [6, 6.07) is 4.15. The fourth-order valence-electron chi connectivity index (χ4n) is 1.23. The second-order valence-electron chi connectivity index (χ2n) is 3.18. The van der Waals surface area contributed by atoms with Gasteiger partial charge in [0.25, 0.3) is 0 Å². The highest BCUT2D eigenvalue weighted by Gasteiger charge is 2.33. The number of rotatable bonds is 3. The molecular formula is C11H7BrF3NO2S. The number of hydrogen-bond acceptors (Lipinski definition) is 4. The van der Waals surface area contributed by atoms with Crippen molar-refractivity contribution >= 4 is 33.7 Å². The normalized spacial score (nSPS) is 10.9. The van der Waals surface area contributed by atoms with E-state index >= 15 is 0 Å². The maximum Gasteiger partial charge on any atom is 0.446 e. The Hall–Kier alpha value is -1.20. The van der Waals surface area contributed by atoms with E-state index < -0.39 is 23.2 Å². The fraction of sp³-hybridized carbons (Fsp3) is 0.273. The monoisotopic (exact) mass is 353 g/mol. The number of carbonyl (C=O) groups is 1. The number of halogens is 4. The lowest BCUT2D eigenvalue weighted by Crippen LogP contribution is -2.09. The second kappa shape index (κ2) is 6.30. The molecule has 0 bridgehead atoms. The molecule has 0 spiro atoms. The molecule has 102 valence electrons. The van der Waals surface area contributed by atoms with Crippen LogP contribution in [0.2, 0.25) is 0 Å². The number of esters is 1. The van der Waals surface area contributed by atoms with Gasteiger partial charge >= 0.3 is 11.5 Å². The van der Waals surface area contributed by atoms with E-state index in [4.69, 9.17) is 5.26 Å². The molecule has 3 nitrogen and oxygen atoms in total. The quantitative estimate of drug-likeness (QED) is 0.606. The van der Waals surface area contributed by atoms with Crippen LogP contribution in [0.1, 0.15) is 22.8 Å². The average Bonchev–Trinajstić information content (AvgIpc) is 2.30. The molecule has 0 N–H and O–H groups in total. The van der Waals surface area contributed by atoms with Crippen molar-refractivity contribution in [1.82, 2.24) is 0 Å². The first kappa shape index (κ1) is 15.9. The Kier molecular flexibility index (Phi) is 5.26. The fourth-order valence-corrected chi connectivity index (χ4v) is 2.60. The van der Waals surface area contributed by atoms with E-state index in [1.807, 2.05) is 0 Å². The van der Waals surface area contributed by atoms with E-state index in [9.17, 15) is 18.0 Å². The highest BCUT2D eigenvalue weighted by molar-refractivity contribution is 9.10. The molecule has 0 heterocycles. The molecule has 0 aliphatic rings. The summed E-state index contributed by atoms with van der Waals surface area (Å²) in [5, 5.41) is 8.79. The van der Waals surface area contributed by atoms with Gasteiger partial charge in [-0.25, -0.2) is 4.79 Å². The van der Waals surface area contributed by atoms with Gasteiger partial charge in [-0.2, -0.15) is 18.4 Å². The first-order valence-corrected chi connectivity index (χ1v) is 6.56. The van der Waals surface area contributed by atoms with Crippen LogP contribution in [0, 0.1) is 11.3 Å². The zero-order valence-electron chi connectivity index (χ0n) is 9.55. The summed E-state index contributed by atoms with van der Waals surface area (Å²) >= 11 is 2.45. The maximum atomic E-state index is 12.5. The molecule has 0 atom stereocenters. The Morgan fingerprint density at radius 1 is 1.53 bits per heavy atom. The predicted molar refractivity (Wildman–Crippen MR) is 66.7 cm³/mol. The molecule has 1 rings (SSSR count). The molecule has 0 aliphatic carbocycles. The largest absolute Gasteiger partial charge is 0.462 e. The van der Waals surface area contributed by atoms with Gasteiger partial charge in [0.2, 0.25) is 0 Å². The number of alkyl halides is 3. The van der Waals surface area contributed by atoms with E-state index in [0.29, 0.717) is 0 Å². The molecule has 19 heavy (non-hydrogen) atoms. The van der Waals surface area contributed by atoms with Crippen LogP contribution in [0.15, 0.2) is 21.5 Å². The number of nitrogens with zero attached hydrogens (tertiary/aromatic N) is 1. The minimum absolute atomic E-state index is 0.0137. The molecule has 0 amide bonds. The standard InChI is InChI=1S/C11H7BrF3NO2S/c1-2-18-10(17)7-4-3-6(5-16)8(12)9(7)19-11(13,14)15/h3-4H,2H2,1H3. The zero-order chi connectivity index (χ0) is 14.6. The van der Waals surface area contributed by atoms with Crippen LogP contribution in [-0.2, 0) is 4.74 Å². The van der Waals surface area contributed by atoms with Crippen molar-refractivity contribution < 1.29 is 22.7 Å². The lowest BCUT2D eigenvalue weighted by molar-refractivity contribution is -0.0328. The van der Waals surface area contributed by atoms with Crippen LogP contribution in [-0.4, -0.2) is 18.1 Å². The first-order valence-electron chi connectivity index (χ1n) is 4.95. The second-order valence-corrected chi connectivity index (χ2v) is 5.05. The smallest absolute Gasteiger partial charge is 0.446 e. The molecule has 0 radical (unpaired) electrons. The van der Waals surface area contributed by atoms with E-state index in [2.05, 4.69) is 20.7 Å². The Bertz CT molecular complexity index is 540. The first-order chi connectivity index (χ1) is 8.80. The van der Waals surface area contributed by atoms with Crippen molar-refractivity contribution in [1.29, 1.82) is 5.26 Å². The number of nitriles is 1. The third-order valence-corrected chi connectivity index (χ3v) is 3.88. The minimum atomic E-state index is -4.57. The van der Waals surface area contributed by atoms with E-state index in [1.54, 1.807) is 13.0 Å². The Balaban J connectivity index is 3.35. The molecule has 1 aromatic rings. The highest BCUT2D eigenvalue weighted by Crippen LogP contribution is 2.43. The van der Waals surface area contributed by atoms with Crippen molar-refractivity contribution in [3.05, 3.63) is 27.7 Å². The van der Waals surface area contributed by atoms with Gasteiger partial charge in [-0.1, -0.05) is 0 Å². The van der Waals surface area contributed by atoms with Gasteiger partial charge in [0.05, 0.1) is 22.2 Å². The molecule has 0 fully saturated rings. The number of carbonyl (C=O) groups excluding carboxylic acids is 1. The van der Waals surface area contributed by atoms with Crippen molar-refractivity contribution in [2.24, 2.45) is 0 Å². The van der Waals surface area contributed by atoms with E-state index in [-0.39, 0.29) is 27.1 Å². The van der Waals surface area contributed by atoms with Gasteiger partial charge in [-0.05, 0) is 46.7 Å². The Morgan fingerprint density at radius 3 is 2.63 bits per heavy atom. The van der Waals surface area contributed by atoms with E-state index in [1.165, 1.54) is 6.07 Å². The SMILES string of the molecule is CCOC(=O)c1ccc(C#N)c(Br)c1SC(F)(F)F. The molecule has 0 saturated carbocycles. The van der Waals surface area contributed by atoms with Gasteiger partial charge < -0.3 is 4.74 Å². The summed E-state index contributed by atoms with van der Waals surface area (Å²) in [6.07, 6.45) is 0. The minimum Gasteiger partial charge on any atom is -0.462 e.